The van der Waals surface area contributed by atoms with Crippen LogP contribution in [0.4, 0.5) is 0 Å². The summed E-state index contributed by atoms with van der Waals surface area (Å²) in [6.07, 6.45) is 1.19. The van der Waals surface area contributed by atoms with Crippen molar-refractivity contribution in [2.75, 3.05) is 21.2 Å². The number of ketones is 2. The van der Waals surface area contributed by atoms with E-state index in [4.69, 9.17) is 23.2 Å². The maximum Gasteiger partial charge on any atom is 0.265 e. The van der Waals surface area contributed by atoms with Crippen LogP contribution in [-0.4, -0.2) is 68.1 Å². The number of allylic oxidation sites excluding steroid dienone is 1. The highest BCUT2D eigenvalue weighted by Gasteiger charge is 2.67. The van der Waals surface area contributed by atoms with Crippen molar-refractivity contribution in [1.82, 2.24) is 10.1 Å². The van der Waals surface area contributed by atoms with Crippen LogP contribution in [-0.2, 0) is 24.1 Å². The molecule has 1 unspecified atom stereocenters. The second-order valence-corrected chi connectivity index (χ2v) is 21.1. The Morgan fingerprint density at radius 3 is 2.16 bits per heavy atom. The normalized spacial score (nSPS) is 22.1. The van der Waals surface area contributed by atoms with Gasteiger partial charge in [0.25, 0.3) is 5.88 Å². The molecule has 1 N–H and O–H groups in total. The van der Waals surface area contributed by atoms with Crippen LogP contribution in [0.5, 0.6) is 17.4 Å². The Labute approximate surface area is 322 Å². The van der Waals surface area contributed by atoms with E-state index in [1.54, 1.807) is 6.07 Å². The van der Waals surface area contributed by atoms with Crippen LogP contribution >= 0.6 is 0 Å². The fourth-order valence-corrected chi connectivity index (χ4v) is 9.61. The third-order valence-corrected chi connectivity index (χ3v) is 16.3. The number of aromatic nitrogens is 1. The first kappa shape index (κ1) is 38.2. The molecule has 3 aliphatic carbocycles. The number of Topliss-reactive ketones (excluding diaryl/α,β-unsaturated/α-hetero) is 2. The second-order valence-electron chi connectivity index (χ2n) is 16.4. The molecular weight excluding hydrogens is 717 g/mol. The average molecular weight is 765 g/mol. The van der Waals surface area contributed by atoms with E-state index in [9.17, 15) is 9.90 Å². The van der Waals surface area contributed by atoms with Crippen LogP contribution in [0, 0.1) is 11.8 Å². The Hall–Kier alpha value is -5.04. The van der Waals surface area contributed by atoms with E-state index in [1.807, 2.05) is 92.8 Å². The summed E-state index contributed by atoms with van der Waals surface area (Å²) in [5.41, 5.74) is 0.691. The van der Waals surface area contributed by atoms with Crippen LogP contribution < -0.4 is 14.2 Å². The molecule has 0 bridgehead atoms. The van der Waals surface area contributed by atoms with Crippen molar-refractivity contribution in [3.05, 3.63) is 117 Å². The number of carbonyl (C=O) groups is 3. The van der Waals surface area contributed by atoms with Gasteiger partial charge in [0.05, 0.1) is 24.3 Å². The van der Waals surface area contributed by atoms with E-state index in [2.05, 4.69) is 25.9 Å². The number of ether oxygens (including phenoxy) is 3. The van der Waals surface area contributed by atoms with Gasteiger partial charge >= 0.3 is 0 Å². The molecule has 11 nitrogen and oxygen atoms in total. The standard InChI is InChI=1S/C43H48N2O9Si/c1-42(2,3)55(7,8)54-43-30(35(45(4)5)38-34(40(43)49)41(44-53-38)52-24-26-17-13-10-14-18-26)20-27-19-29-31(50-6)21-28(22-46)37(33(29)36(47)32(27)39(43)48)51-23-25-15-11-9-12-16-25/h9-18,21-22,27,30,35,48H,19-20,23-24H2,1-8H3/t27-,30-,35-,43?/m0/s1. The minimum absolute atomic E-state index is 0.00967. The van der Waals surface area contributed by atoms with Crippen molar-refractivity contribution in [1.29, 1.82) is 0 Å². The smallest absolute Gasteiger partial charge is 0.265 e. The maximum atomic E-state index is 15.5. The van der Waals surface area contributed by atoms with Crippen molar-refractivity contribution in [3.63, 3.8) is 0 Å². The van der Waals surface area contributed by atoms with E-state index in [0.29, 0.717) is 23.4 Å². The zero-order valence-electron chi connectivity index (χ0n) is 32.6. The monoisotopic (exact) mass is 764 g/mol. The first-order valence-electron chi connectivity index (χ1n) is 18.6. The molecule has 4 atom stereocenters. The van der Waals surface area contributed by atoms with Gasteiger partial charge in [0.1, 0.15) is 36.0 Å². The summed E-state index contributed by atoms with van der Waals surface area (Å²) in [6, 6.07) is 19.9. The van der Waals surface area contributed by atoms with Crippen LogP contribution in [0.2, 0.25) is 18.1 Å². The SMILES string of the molecule is COc1cc(C=O)c(OCc2ccccc2)c2c1C[C@H]1C[C@H]3[C@H](N(C)C)c4onc(OCc5ccccc5)c4C(=O)C3(O[Si](C)(C)C(C)(C)C)C(O)=C1C2=O. The van der Waals surface area contributed by atoms with Gasteiger partial charge in [-0.1, -0.05) is 81.4 Å². The van der Waals surface area contributed by atoms with Gasteiger partial charge in [-0.25, -0.2) is 0 Å². The number of fused-ring (bicyclic) bond motifs is 4. The molecule has 3 aromatic carbocycles. The molecule has 4 aromatic rings. The molecule has 12 heteroatoms. The highest BCUT2D eigenvalue weighted by atomic mass is 28.4. The molecule has 0 aliphatic heterocycles. The third-order valence-electron chi connectivity index (χ3n) is 11.8. The number of carbonyl (C=O) groups excluding carboxylic acids is 3. The largest absolute Gasteiger partial charge is 0.508 e. The molecule has 0 saturated heterocycles. The molecule has 0 amide bonds. The van der Waals surface area contributed by atoms with Crippen molar-refractivity contribution in [3.8, 4) is 17.4 Å². The first-order chi connectivity index (χ1) is 26.1. The summed E-state index contributed by atoms with van der Waals surface area (Å²) in [5, 5.41) is 16.8. The zero-order chi connectivity index (χ0) is 39.4. The van der Waals surface area contributed by atoms with Gasteiger partial charge in [0, 0.05) is 17.1 Å². The van der Waals surface area contributed by atoms with Gasteiger partial charge in [0.2, 0.25) is 5.78 Å². The number of hydrogen-bond acceptors (Lipinski definition) is 11. The molecule has 0 spiro atoms. The topological polar surface area (TPSA) is 138 Å². The maximum absolute atomic E-state index is 15.5. The summed E-state index contributed by atoms with van der Waals surface area (Å²) in [4.78, 5) is 45.2. The Bertz CT molecular complexity index is 2170. The highest BCUT2D eigenvalue weighted by Crippen LogP contribution is 2.60. The average Bonchev–Trinajstić information content (AvgIpc) is 3.57. The van der Waals surface area contributed by atoms with E-state index < -0.39 is 54.2 Å². The molecule has 7 rings (SSSR count). The van der Waals surface area contributed by atoms with Crippen molar-refractivity contribution >= 4 is 26.2 Å². The fraction of sp³-hybridized carbons (Fsp3) is 0.395. The number of rotatable bonds is 11. The lowest BCUT2D eigenvalue weighted by Crippen LogP contribution is -2.65. The molecule has 1 aromatic heterocycles. The number of aliphatic hydroxyl groups is 1. The molecular formula is C43H48N2O9Si. The summed E-state index contributed by atoms with van der Waals surface area (Å²) < 4.78 is 31.5. The Morgan fingerprint density at radius 1 is 0.982 bits per heavy atom. The number of nitrogens with zero attached hydrogens (tertiary/aromatic N) is 2. The predicted octanol–water partition coefficient (Wildman–Crippen LogP) is 8.10. The summed E-state index contributed by atoms with van der Waals surface area (Å²) in [6.45, 7) is 10.4. The van der Waals surface area contributed by atoms with Crippen molar-refractivity contribution in [2.24, 2.45) is 11.8 Å². The second kappa shape index (κ2) is 14.2. The van der Waals surface area contributed by atoms with Crippen LogP contribution in [0.3, 0.4) is 0 Å². The van der Waals surface area contributed by atoms with Crippen LogP contribution in [0.15, 0.2) is 82.6 Å². The van der Waals surface area contributed by atoms with Crippen LogP contribution in [0.25, 0.3) is 0 Å². The Kier molecular flexibility index (Phi) is 9.89. The van der Waals surface area contributed by atoms with Gasteiger partial charge in [-0.15, -0.1) is 0 Å². The number of aldehydes is 1. The van der Waals surface area contributed by atoms with E-state index >= 15 is 9.59 Å². The highest BCUT2D eigenvalue weighted by molar-refractivity contribution is 6.74. The van der Waals surface area contributed by atoms with E-state index in [0.717, 1.165) is 11.1 Å². The molecule has 0 saturated carbocycles. The molecule has 3 aliphatic rings. The third kappa shape index (κ3) is 6.29. The number of methoxy groups -OCH3 is 1. The molecule has 1 heterocycles. The van der Waals surface area contributed by atoms with Crippen molar-refractivity contribution < 1.29 is 42.6 Å². The summed E-state index contributed by atoms with van der Waals surface area (Å²) in [7, 11) is 2.34. The molecule has 288 valence electrons. The number of benzene rings is 3. The molecule has 55 heavy (non-hydrogen) atoms. The van der Waals surface area contributed by atoms with Gasteiger partial charge < -0.3 is 28.3 Å². The lowest BCUT2D eigenvalue weighted by Gasteiger charge is -2.55. The first-order valence-corrected chi connectivity index (χ1v) is 21.5. The molecule has 0 fully saturated rings. The van der Waals surface area contributed by atoms with E-state index in [1.165, 1.54) is 7.11 Å². The van der Waals surface area contributed by atoms with E-state index in [-0.39, 0.29) is 59.9 Å². The molecule has 0 radical (unpaired) electrons. The van der Waals surface area contributed by atoms with Gasteiger partial charge in [-0.3, -0.25) is 19.3 Å². The van der Waals surface area contributed by atoms with Gasteiger partial charge in [0.15, 0.2) is 31.7 Å². The number of hydrogen-bond donors (Lipinski definition) is 1. The lowest BCUT2D eigenvalue weighted by molar-refractivity contribution is -0.0480. The van der Waals surface area contributed by atoms with Gasteiger partial charge in [-0.2, -0.15) is 0 Å². The quantitative estimate of drug-likeness (QED) is 0.117. The summed E-state index contributed by atoms with van der Waals surface area (Å²) in [5.74, 6) is -2.00. The Morgan fingerprint density at radius 2 is 1.60 bits per heavy atom. The zero-order valence-corrected chi connectivity index (χ0v) is 33.6. The van der Waals surface area contributed by atoms with Crippen molar-refractivity contribution in [2.45, 2.75) is 76.6 Å². The number of aliphatic hydroxyl groups excluding tert-OH is 1. The predicted molar refractivity (Wildman–Crippen MR) is 207 cm³/mol. The minimum atomic E-state index is -2.92. The van der Waals surface area contributed by atoms with Crippen LogP contribution in [0.1, 0.15) is 86.8 Å². The fourth-order valence-electron chi connectivity index (χ4n) is 8.15. The summed E-state index contributed by atoms with van der Waals surface area (Å²) >= 11 is 0. The Balaban J connectivity index is 1.44. The lowest BCUT2D eigenvalue weighted by atomic mass is 9.58. The minimum Gasteiger partial charge on any atom is -0.508 e. The van der Waals surface area contributed by atoms with Gasteiger partial charge in [-0.05, 0) is 73.3 Å².